The van der Waals surface area contributed by atoms with E-state index in [1.165, 1.54) is 36.4 Å². The Kier molecular flexibility index (Phi) is 9.81. The van der Waals surface area contributed by atoms with Crippen LogP contribution in [0.25, 0.3) is 4.91 Å². The fourth-order valence-electron chi connectivity index (χ4n) is 5.26. The maximum atomic E-state index is 12.4. The molecule has 0 saturated heterocycles. The van der Waals surface area contributed by atoms with Crippen LogP contribution in [0.2, 0.25) is 0 Å². The zero-order chi connectivity index (χ0) is 34.9. The number of nitrogens with one attached hydrogen (secondary N) is 4. The van der Waals surface area contributed by atoms with Gasteiger partial charge in [0.2, 0.25) is 0 Å². The van der Waals surface area contributed by atoms with Gasteiger partial charge >= 0.3 is 0 Å². The lowest BCUT2D eigenvalue weighted by molar-refractivity contribution is 0.478. The van der Waals surface area contributed by atoms with E-state index in [4.69, 9.17) is 11.5 Å². The molecule has 1 aliphatic rings. The molecule has 0 saturated carbocycles. The molecular formula is C30H32N6O9S3. The highest BCUT2D eigenvalue weighted by molar-refractivity contribution is 7.95. The van der Waals surface area contributed by atoms with Crippen molar-refractivity contribution in [3.8, 4) is 0 Å². The summed E-state index contributed by atoms with van der Waals surface area (Å²) in [6.07, 6.45) is 1.14. The summed E-state index contributed by atoms with van der Waals surface area (Å²) in [5.41, 5.74) is 26.2. The SMILES string of the molecule is Nc1ccc(NNc2ccc(CCc3ccc(NNC4c5ccccc5C(S(=O)(=O)O)=CC4N)cc3S(=O)(=O)O)c(S(=O)(=O)O)c2)cc1. The van der Waals surface area contributed by atoms with Crippen LogP contribution >= 0.6 is 0 Å². The highest BCUT2D eigenvalue weighted by Gasteiger charge is 2.32. The van der Waals surface area contributed by atoms with Gasteiger partial charge in [0.05, 0.1) is 37.8 Å². The van der Waals surface area contributed by atoms with Gasteiger partial charge in [-0.25, -0.2) is 5.43 Å². The van der Waals surface area contributed by atoms with Crippen LogP contribution in [0.15, 0.2) is 101 Å². The second-order valence-corrected chi connectivity index (χ2v) is 15.1. The van der Waals surface area contributed by atoms with Crippen LogP contribution in [-0.4, -0.2) is 45.0 Å². The molecule has 254 valence electrons. The van der Waals surface area contributed by atoms with E-state index in [2.05, 4.69) is 21.7 Å². The fraction of sp³-hybridized carbons (Fsp3) is 0.133. The molecule has 11 N–H and O–H groups in total. The quantitative estimate of drug-likeness (QED) is 0.0579. The average molecular weight is 717 g/mol. The molecule has 0 fully saturated rings. The van der Waals surface area contributed by atoms with Gasteiger partial charge in [0.25, 0.3) is 30.4 Å². The van der Waals surface area contributed by atoms with Crippen molar-refractivity contribution in [2.75, 3.05) is 22.0 Å². The molecule has 0 heterocycles. The molecule has 1 aliphatic carbocycles. The van der Waals surface area contributed by atoms with Crippen molar-refractivity contribution in [1.29, 1.82) is 0 Å². The predicted molar refractivity (Wildman–Crippen MR) is 181 cm³/mol. The van der Waals surface area contributed by atoms with Crippen molar-refractivity contribution in [2.24, 2.45) is 5.73 Å². The van der Waals surface area contributed by atoms with Gasteiger partial charge in [-0.3, -0.25) is 13.7 Å². The zero-order valence-corrected chi connectivity index (χ0v) is 27.3. The molecule has 4 aromatic rings. The highest BCUT2D eigenvalue weighted by Crippen LogP contribution is 2.35. The summed E-state index contributed by atoms with van der Waals surface area (Å²) in [4.78, 5) is -1.17. The third kappa shape index (κ3) is 8.12. The normalized spacial score (nSPS) is 16.5. The van der Waals surface area contributed by atoms with E-state index in [0.717, 1.165) is 6.07 Å². The Morgan fingerprint density at radius 1 is 0.625 bits per heavy atom. The Bertz CT molecular complexity index is 2210. The maximum absolute atomic E-state index is 12.4. The molecule has 0 aromatic heterocycles. The van der Waals surface area contributed by atoms with Crippen LogP contribution in [0.3, 0.4) is 0 Å². The van der Waals surface area contributed by atoms with Crippen molar-refractivity contribution in [1.82, 2.24) is 5.43 Å². The third-order valence-corrected chi connectivity index (χ3v) is 10.3. The maximum Gasteiger partial charge on any atom is 0.294 e. The summed E-state index contributed by atoms with van der Waals surface area (Å²) in [5, 5.41) is 0. The molecule has 5 rings (SSSR count). The number of benzene rings is 4. The van der Waals surface area contributed by atoms with Gasteiger partial charge in [-0.05, 0) is 84.1 Å². The van der Waals surface area contributed by atoms with E-state index in [9.17, 15) is 38.9 Å². The number of rotatable bonds is 12. The smallest absolute Gasteiger partial charge is 0.294 e. The van der Waals surface area contributed by atoms with Gasteiger partial charge in [-0.2, -0.15) is 25.3 Å². The summed E-state index contributed by atoms with van der Waals surface area (Å²) < 4.78 is 103. The second kappa shape index (κ2) is 13.5. The molecule has 18 heteroatoms. The highest BCUT2D eigenvalue weighted by atomic mass is 32.2. The first-order valence-electron chi connectivity index (χ1n) is 14.1. The number of hydrazine groups is 2. The van der Waals surface area contributed by atoms with Gasteiger partial charge in [-0.15, -0.1) is 0 Å². The number of nitrogens with two attached hydrogens (primary N) is 2. The molecule has 2 atom stereocenters. The molecule has 0 radical (unpaired) electrons. The Labute approximate surface area is 277 Å². The first-order valence-corrected chi connectivity index (χ1v) is 18.5. The van der Waals surface area contributed by atoms with E-state index in [1.54, 1.807) is 48.5 Å². The molecule has 48 heavy (non-hydrogen) atoms. The van der Waals surface area contributed by atoms with Crippen LogP contribution < -0.4 is 33.2 Å². The summed E-state index contributed by atoms with van der Waals surface area (Å²) in [5.74, 6) is 0. The van der Waals surface area contributed by atoms with Crippen LogP contribution in [0.1, 0.15) is 28.3 Å². The Balaban J connectivity index is 1.34. The van der Waals surface area contributed by atoms with Crippen molar-refractivity contribution in [3.63, 3.8) is 0 Å². The number of fused-ring (bicyclic) bond motifs is 1. The van der Waals surface area contributed by atoms with Gasteiger partial charge in [0.15, 0.2) is 0 Å². The van der Waals surface area contributed by atoms with Crippen LogP contribution in [-0.2, 0) is 43.2 Å². The standard InChI is InChI=1S/C30H32N6O9S3/c31-20-9-13-21(14-10-20)33-34-22-11-7-18(27(15-22)46(37,38)39)5-6-19-8-12-23(16-28(19)47(40,41)42)35-36-30-25-4-2-1-3-24(25)29(17-26(30)32)48(43,44)45/h1-4,7-17,26,30,33-36H,5-6,31-32H2,(H,37,38,39)(H,40,41,42)(H,43,44,45). The number of aryl methyl sites for hydroxylation is 2. The van der Waals surface area contributed by atoms with Crippen LogP contribution in [0.4, 0.5) is 22.7 Å². The molecule has 0 spiro atoms. The molecule has 0 bridgehead atoms. The molecular weight excluding hydrogens is 685 g/mol. The summed E-state index contributed by atoms with van der Waals surface area (Å²) in [7, 11) is -14.0. The van der Waals surface area contributed by atoms with E-state index in [1.807, 2.05) is 0 Å². The van der Waals surface area contributed by atoms with Gasteiger partial charge in [0.1, 0.15) is 0 Å². The van der Waals surface area contributed by atoms with Gasteiger partial charge in [0, 0.05) is 17.3 Å². The minimum absolute atomic E-state index is 0.0233. The Hall–Kier alpha value is -4.53. The Morgan fingerprint density at radius 3 is 1.67 bits per heavy atom. The lowest BCUT2D eigenvalue weighted by atomic mass is 9.90. The Morgan fingerprint density at radius 2 is 1.12 bits per heavy atom. The molecule has 0 aliphatic heterocycles. The predicted octanol–water partition coefficient (Wildman–Crippen LogP) is 3.21. The second-order valence-electron chi connectivity index (χ2n) is 10.9. The van der Waals surface area contributed by atoms with E-state index < -0.39 is 52.2 Å². The van der Waals surface area contributed by atoms with E-state index >= 15 is 0 Å². The third-order valence-electron chi connectivity index (χ3n) is 7.56. The largest absolute Gasteiger partial charge is 0.399 e. The number of hydrogen-bond acceptors (Lipinski definition) is 12. The topological polar surface area (TPSA) is 263 Å². The first kappa shape index (κ1) is 34.8. The van der Waals surface area contributed by atoms with Crippen molar-refractivity contribution in [3.05, 3.63) is 113 Å². The summed E-state index contributed by atoms with van der Waals surface area (Å²) in [6, 6.07) is 19.9. The monoisotopic (exact) mass is 716 g/mol. The molecule has 2 unspecified atom stereocenters. The summed E-state index contributed by atoms with van der Waals surface area (Å²) >= 11 is 0. The minimum atomic E-state index is -4.76. The van der Waals surface area contributed by atoms with Crippen LogP contribution in [0.5, 0.6) is 0 Å². The van der Waals surface area contributed by atoms with Crippen molar-refractivity contribution in [2.45, 2.75) is 34.7 Å². The van der Waals surface area contributed by atoms with E-state index in [0.29, 0.717) is 22.6 Å². The number of nitrogen functional groups attached to an aromatic ring is 1. The molecule has 15 nitrogen and oxygen atoms in total. The van der Waals surface area contributed by atoms with Crippen LogP contribution in [0, 0.1) is 0 Å². The van der Waals surface area contributed by atoms with Crippen molar-refractivity contribution < 1.29 is 38.9 Å². The fourth-order valence-corrected chi connectivity index (χ4v) is 7.61. The molecule has 0 amide bonds. The lowest BCUT2D eigenvalue weighted by Crippen LogP contribution is -2.42. The number of anilines is 4. The minimum Gasteiger partial charge on any atom is -0.399 e. The van der Waals surface area contributed by atoms with E-state index in [-0.39, 0.29) is 40.1 Å². The lowest BCUT2D eigenvalue weighted by Gasteiger charge is -2.30. The van der Waals surface area contributed by atoms with Crippen molar-refractivity contribution >= 4 is 58.0 Å². The first-order chi connectivity index (χ1) is 22.5. The average Bonchev–Trinajstić information content (AvgIpc) is 3.02. The summed E-state index contributed by atoms with van der Waals surface area (Å²) in [6.45, 7) is 0. The molecule has 4 aromatic carbocycles. The van der Waals surface area contributed by atoms with Gasteiger partial charge in [-0.1, -0.05) is 36.4 Å². The zero-order valence-electron chi connectivity index (χ0n) is 24.9. The number of hydrogen-bond donors (Lipinski definition) is 9. The van der Waals surface area contributed by atoms with Gasteiger partial charge < -0.3 is 27.7 Å².